The lowest BCUT2D eigenvalue weighted by Gasteiger charge is -2.07. The number of sulfone groups is 1. The number of carbonyl (C=O) groups excluding carboxylic acids is 1. The highest BCUT2D eigenvalue weighted by atomic mass is 32.2. The van der Waals surface area contributed by atoms with Crippen molar-refractivity contribution in [1.29, 1.82) is 0 Å². The van der Waals surface area contributed by atoms with Crippen LogP contribution in [0.5, 0.6) is 0 Å². The number of halogens is 1. The van der Waals surface area contributed by atoms with Crippen molar-refractivity contribution in [3.8, 4) is 0 Å². The van der Waals surface area contributed by atoms with Crippen LogP contribution in [0.15, 0.2) is 47.4 Å². The number of rotatable bonds is 4. The molecule has 0 bridgehead atoms. The molecule has 7 heteroatoms. The topological polar surface area (TPSA) is 103 Å². The Hall–Kier alpha value is -2.41. The van der Waals surface area contributed by atoms with Crippen LogP contribution in [0.25, 0.3) is 0 Å². The molecule has 4 N–H and O–H groups in total. The molecule has 1 amide bonds. The van der Waals surface area contributed by atoms with Gasteiger partial charge in [-0.2, -0.15) is 0 Å². The summed E-state index contributed by atoms with van der Waals surface area (Å²) in [5.74, 6) is -2.02. The SMILES string of the molecule is NC(=O)c1ccc(F)c(CS(=O)(=O)c2ccc(N)cc2)c1. The first-order chi connectivity index (χ1) is 9.79. The summed E-state index contributed by atoms with van der Waals surface area (Å²) in [6.07, 6.45) is 0. The minimum atomic E-state index is -3.74. The quantitative estimate of drug-likeness (QED) is 0.835. The monoisotopic (exact) mass is 308 g/mol. The van der Waals surface area contributed by atoms with Gasteiger partial charge in [-0.25, -0.2) is 12.8 Å². The second-order valence-electron chi connectivity index (χ2n) is 4.50. The summed E-state index contributed by atoms with van der Waals surface area (Å²) in [6, 6.07) is 8.96. The third-order valence-electron chi connectivity index (χ3n) is 2.91. The van der Waals surface area contributed by atoms with E-state index in [1.165, 1.54) is 30.3 Å². The summed E-state index contributed by atoms with van der Waals surface area (Å²) >= 11 is 0. The summed E-state index contributed by atoms with van der Waals surface area (Å²) in [5.41, 5.74) is 11.0. The lowest BCUT2D eigenvalue weighted by atomic mass is 10.1. The van der Waals surface area contributed by atoms with Crippen LogP contribution in [0.3, 0.4) is 0 Å². The Morgan fingerprint density at radius 1 is 1.10 bits per heavy atom. The lowest BCUT2D eigenvalue weighted by molar-refractivity contribution is 0.1000. The first-order valence-corrected chi connectivity index (χ1v) is 7.61. The third-order valence-corrected chi connectivity index (χ3v) is 4.60. The molecule has 0 atom stereocenters. The first-order valence-electron chi connectivity index (χ1n) is 5.96. The summed E-state index contributed by atoms with van der Waals surface area (Å²) < 4.78 is 38.2. The molecule has 0 fully saturated rings. The predicted octanol–water partition coefficient (Wildman–Crippen LogP) is 1.48. The molecule has 0 aliphatic rings. The fourth-order valence-corrected chi connectivity index (χ4v) is 3.15. The summed E-state index contributed by atoms with van der Waals surface area (Å²) in [7, 11) is -3.74. The van der Waals surface area contributed by atoms with Gasteiger partial charge in [0.25, 0.3) is 0 Å². The normalized spacial score (nSPS) is 11.3. The Kier molecular flexibility index (Phi) is 3.95. The highest BCUT2D eigenvalue weighted by Gasteiger charge is 2.18. The maximum atomic E-state index is 13.7. The Balaban J connectivity index is 2.38. The molecule has 0 aliphatic heterocycles. The Morgan fingerprint density at radius 3 is 2.29 bits per heavy atom. The molecule has 2 aromatic carbocycles. The Bertz CT molecular complexity index is 786. The second kappa shape index (κ2) is 5.53. The molecule has 0 heterocycles. The van der Waals surface area contributed by atoms with Crippen LogP contribution in [0.4, 0.5) is 10.1 Å². The van der Waals surface area contributed by atoms with Gasteiger partial charge in [-0.15, -0.1) is 0 Å². The number of primary amides is 1. The van der Waals surface area contributed by atoms with E-state index in [0.29, 0.717) is 5.69 Å². The van der Waals surface area contributed by atoms with E-state index in [9.17, 15) is 17.6 Å². The second-order valence-corrected chi connectivity index (χ2v) is 6.49. The van der Waals surface area contributed by atoms with Gasteiger partial charge in [0.05, 0.1) is 10.6 Å². The molecule has 21 heavy (non-hydrogen) atoms. The van der Waals surface area contributed by atoms with E-state index in [0.717, 1.165) is 12.1 Å². The number of hydrogen-bond donors (Lipinski definition) is 2. The Morgan fingerprint density at radius 2 is 1.71 bits per heavy atom. The van der Waals surface area contributed by atoms with Crippen LogP contribution < -0.4 is 11.5 Å². The van der Waals surface area contributed by atoms with Crippen molar-refractivity contribution in [2.24, 2.45) is 5.73 Å². The zero-order valence-corrected chi connectivity index (χ0v) is 11.7. The Labute approximate surface area is 121 Å². The van der Waals surface area contributed by atoms with E-state index in [1.807, 2.05) is 0 Å². The highest BCUT2D eigenvalue weighted by Crippen LogP contribution is 2.20. The highest BCUT2D eigenvalue weighted by molar-refractivity contribution is 7.90. The fourth-order valence-electron chi connectivity index (χ4n) is 1.80. The minimum absolute atomic E-state index is 0.0283. The van der Waals surface area contributed by atoms with Crippen molar-refractivity contribution in [3.05, 3.63) is 59.4 Å². The molecule has 0 unspecified atom stereocenters. The largest absolute Gasteiger partial charge is 0.399 e. The smallest absolute Gasteiger partial charge is 0.248 e. The van der Waals surface area contributed by atoms with Crippen molar-refractivity contribution in [2.75, 3.05) is 5.73 Å². The summed E-state index contributed by atoms with van der Waals surface area (Å²) in [6.45, 7) is 0. The van der Waals surface area contributed by atoms with E-state index in [-0.39, 0.29) is 16.0 Å². The average molecular weight is 308 g/mol. The first kappa shape index (κ1) is 15.0. The molecule has 0 radical (unpaired) electrons. The number of nitrogen functional groups attached to an aromatic ring is 1. The zero-order valence-electron chi connectivity index (χ0n) is 10.9. The number of amides is 1. The van der Waals surface area contributed by atoms with Gasteiger partial charge in [0.1, 0.15) is 5.82 Å². The van der Waals surface area contributed by atoms with Crippen LogP contribution >= 0.6 is 0 Å². The van der Waals surface area contributed by atoms with Crippen molar-refractivity contribution < 1.29 is 17.6 Å². The molecule has 2 aromatic rings. The van der Waals surface area contributed by atoms with Crippen molar-refractivity contribution in [1.82, 2.24) is 0 Å². The van der Waals surface area contributed by atoms with Crippen molar-refractivity contribution >= 4 is 21.4 Å². The van der Waals surface area contributed by atoms with E-state index in [4.69, 9.17) is 11.5 Å². The van der Waals surface area contributed by atoms with E-state index in [2.05, 4.69) is 0 Å². The number of nitrogens with two attached hydrogens (primary N) is 2. The molecular formula is C14H13FN2O3S. The lowest BCUT2D eigenvalue weighted by Crippen LogP contribution is -2.13. The van der Waals surface area contributed by atoms with Gasteiger partial charge in [-0.3, -0.25) is 4.79 Å². The van der Waals surface area contributed by atoms with Gasteiger partial charge in [-0.1, -0.05) is 0 Å². The maximum Gasteiger partial charge on any atom is 0.248 e. The molecule has 0 saturated carbocycles. The van der Waals surface area contributed by atoms with Gasteiger partial charge >= 0.3 is 0 Å². The van der Waals surface area contributed by atoms with Crippen LogP contribution in [0.2, 0.25) is 0 Å². The van der Waals surface area contributed by atoms with Crippen LogP contribution in [-0.2, 0) is 15.6 Å². The third kappa shape index (κ3) is 3.38. The zero-order chi connectivity index (χ0) is 15.6. The van der Waals surface area contributed by atoms with Crippen molar-refractivity contribution in [3.63, 3.8) is 0 Å². The molecule has 2 rings (SSSR count). The molecule has 0 aliphatic carbocycles. The van der Waals surface area contributed by atoms with Gasteiger partial charge in [-0.05, 0) is 42.5 Å². The molecule has 0 aromatic heterocycles. The van der Waals surface area contributed by atoms with E-state index < -0.39 is 27.3 Å². The van der Waals surface area contributed by atoms with Crippen molar-refractivity contribution in [2.45, 2.75) is 10.6 Å². The number of benzene rings is 2. The average Bonchev–Trinajstić information content (AvgIpc) is 2.41. The number of carbonyl (C=O) groups is 1. The molecule has 5 nitrogen and oxygen atoms in total. The maximum absolute atomic E-state index is 13.7. The van der Waals surface area contributed by atoms with E-state index >= 15 is 0 Å². The fraction of sp³-hybridized carbons (Fsp3) is 0.0714. The van der Waals surface area contributed by atoms with Gasteiger partial charge in [0.15, 0.2) is 9.84 Å². The molecular weight excluding hydrogens is 295 g/mol. The van der Waals surface area contributed by atoms with Crippen LogP contribution in [0, 0.1) is 5.82 Å². The van der Waals surface area contributed by atoms with Crippen LogP contribution in [-0.4, -0.2) is 14.3 Å². The molecule has 110 valence electrons. The van der Waals surface area contributed by atoms with Gasteiger partial charge < -0.3 is 11.5 Å². The number of hydrogen-bond acceptors (Lipinski definition) is 4. The van der Waals surface area contributed by atoms with E-state index in [1.54, 1.807) is 0 Å². The molecule has 0 spiro atoms. The number of anilines is 1. The summed E-state index contributed by atoms with van der Waals surface area (Å²) in [4.78, 5) is 11.1. The minimum Gasteiger partial charge on any atom is -0.399 e. The predicted molar refractivity (Wildman–Crippen MR) is 76.7 cm³/mol. The summed E-state index contributed by atoms with van der Waals surface area (Å²) in [5, 5.41) is 0. The van der Waals surface area contributed by atoms with Gasteiger partial charge in [0, 0.05) is 16.8 Å². The van der Waals surface area contributed by atoms with Crippen LogP contribution in [0.1, 0.15) is 15.9 Å². The molecule has 0 saturated heterocycles. The standard InChI is InChI=1S/C14H13FN2O3S/c15-13-6-1-9(14(17)18)7-10(13)8-21(19,20)12-4-2-11(16)3-5-12/h1-7H,8,16H2,(H2,17,18). The van der Waals surface area contributed by atoms with Gasteiger partial charge in [0.2, 0.25) is 5.91 Å².